The van der Waals surface area contributed by atoms with Crippen molar-refractivity contribution in [3.63, 3.8) is 0 Å². The zero-order chi connectivity index (χ0) is 12.3. The van der Waals surface area contributed by atoms with Gasteiger partial charge in [0.25, 0.3) is 0 Å². The molecule has 1 atom stereocenters. The fourth-order valence-corrected chi connectivity index (χ4v) is 2.30. The summed E-state index contributed by atoms with van der Waals surface area (Å²) in [7, 11) is 0. The highest BCUT2D eigenvalue weighted by Gasteiger charge is 2.23. The van der Waals surface area contributed by atoms with E-state index in [1.165, 1.54) is 19.5 Å². The Morgan fingerprint density at radius 1 is 1.53 bits per heavy atom. The van der Waals surface area contributed by atoms with Crippen molar-refractivity contribution in [2.75, 3.05) is 19.6 Å². The van der Waals surface area contributed by atoms with Gasteiger partial charge in [0.1, 0.15) is 0 Å². The van der Waals surface area contributed by atoms with Gasteiger partial charge >= 0.3 is 0 Å². The minimum Gasteiger partial charge on any atom is -0.340 e. The first-order chi connectivity index (χ1) is 8.15. The summed E-state index contributed by atoms with van der Waals surface area (Å²) in [5.41, 5.74) is 0. The van der Waals surface area contributed by atoms with Crippen LogP contribution in [0.15, 0.2) is 4.52 Å². The zero-order valence-electron chi connectivity index (χ0n) is 10.9. The minimum absolute atomic E-state index is 0.633. The second kappa shape index (κ2) is 5.60. The topological polar surface area (TPSA) is 54.2 Å². The molecule has 1 fully saturated rings. The third kappa shape index (κ3) is 3.51. The van der Waals surface area contributed by atoms with Crippen LogP contribution in [0.4, 0.5) is 0 Å². The number of likely N-dealkylation sites (tertiary alicyclic amines) is 1. The van der Waals surface area contributed by atoms with Crippen molar-refractivity contribution in [3.8, 4) is 0 Å². The van der Waals surface area contributed by atoms with E-state index in [0.29, 0.717) is 18.5 Å². The van der Waals surface area contributed by atoms with E-state index in [1.54, 1.807) is 0 Å². The third-order valence-corrected chi connectivity index (χ3v) is 3.33. The fourth-order valence-electron chi connectivity index (χ4n) is 2.30. The van der Waals surface area contributed by atoms with Crippen LogP contribution in [-0.2, 0) is 6.54 Å². The molecule has 1 aliphatic heterocycles. The number of hydrogen-bond acceptors (Lipinski definition) is 5. The standard InChI is InChI=1S/C12H22N4O/c1-9(2)16-5-4-11(8-16)6-13-7-12-14-10(3)17-15-12/h9,11,13H,4-8H2,1-3H3. The Morgan fingerprint density at radius 3 is 2.94 bits per heavy atom. The van der Waals surface area contributed by atoms with Gasteiger partial charge in [-0.3, -0.25) is 0 Å². The molecule has 1 unspecified atom stereocenters. The zero-order valence-corrected chi connectivity index (χ0v) is 10.9. The lowest BCUT2D eigenvalue weighted by atomic mass is 10.1. The average molecular weight is 238 g/mol. The van der Waals surface area contributed by atoms with Gasteiger partial charge in [-0.25, -0.2) is 0 Å². The van der Waals surface area contributed by atoms with Crippen molar-refractivity contribution in [1.82, 2.24) is 20.4 Å². The van der Waals surface area contributed by atoms with Crippen LogP contribution in [0.25, 0.3) is 0 Å². The van der Waals surface area contributed by atoms with E-state index in [0.717, 1.165) is 18.3 Å². The molecule has 0 aromatic carbocycles. The Kier molecular flexibility index (Phi) is 4.12. The largest absolute Gasteiger partial charge is 0.340 e. The van der Waals surface area contributed by atoms with Crippen molar-refractivity contribution in [2.45, 2.75) is 39.8 Å². The van der Waals surface area contributed by atoms with Crippen LogP contribution in [0.5, 0.6) is 0 Å². The summed E-state index contributed by atoms with van der Waals surface area (Å²) in [5.74, 6) is 2.14. The number of aryl methyl sites for hydroxylation is 1. The number of aromatic nitrogens is 2. The van der Waals surface area contributed by atoms with Crippen molar-refractivity contribution in [2.24, 2.45) is 5.92 Å². The lowest BCUT2D eigenvalue weighted by Gasteiger charge is -2.20. The van der Waals surface area contributed by atoms with Crippen LogP contribution in [0.1, 0.15) is 32.0 Å². The van der Waals surface area contributed by atoms with E-state index in [2.05, 4.69) is 34.2 Å². The molecule has 0 bridgehead atoms. The van der Waals surface area contributed by atoms with E-state index in [4.69, 9.17) is 4.52 Å². The molecular weight excluding hydrogens is 216 g/mol. The maximum Gasteiger partial charge on any atom is 0.223 e. The molecule has 1 aliphatic rings. The Labute approximate surface area is 103 Å². The summed E-state index contributed by atoms with van der Waals surface area (Å²) >= 11 is 0. The molecule has 5 nitrogen and oxygen atoms in total. The highest BCUT2D eigenvalue weighted by atomic mass is 16.5. The van der Waals surface area contributed by atoms with Crippen LogP contribution in [0.2, 0.25) is 0 Å². The normalized spacial score (nSPS) is 21.5. The first-order valence-corrected chi connectivity index (χ1v) is 6.39. The molecule has 96 valence electrons. The van der Waals surface area contributed by atoms with Crippen molar-refractivity contribution >= 4 is 0 Å². The second-order valence-corrected chi connectivity index (χ2v) is 5.10. The molecule has 1 saturated heterocycles. The lowest BCUT2D eigenvalue weighted by molar-refractivity contribution is 0.263. The third-order valence-electron chi connectivity index (χ3n) is 3.33. The van der Waals surface area contributed by atoms with E-state index in [-0.39, 0.29) is 0 Å². The van der Waals surface area contributed by atoms with Crippen LogP contribution in [-0.4, -0.2) is 40.7 Å². The fraction of sp³-hybridized carbons (Fsp3) is 0.833. The average Bonchev–Trinajstić information content (AvgIpc) is 2.88. The predicted molar refractivity (Wildman–Crippen MR) is 65.6 cm³/mol. The van der Waals surface area contributed by atoms with Gasteiger partial charge in [0, 0.05) is 19.5 Å². The van der Waals surface area contributed by atoms with Crippen LogP contribution >= 0.6 is 0 Å². The van der Waals surface area contributed by atoms with Gasteiger partial charge in [0.2, 0.25) is 5.89 Å². The number of nitrogens with zero attached hydrogens (tertiary/aromatic N) is 3. The van der Waals surface area contributed by atoms with Crippen molar-refractivity contribution in [1.29, 1.82) is 0 Å². The number of rotatable bonds is 5. The Hall–Kier alpha value is -0.940. The molecule has 0 spiro atoms. The van der Waals surface area contributed by atoms with Gasteiger partial charge in [0.05, 0.1) is 6.54 Å². The van der Waals surface area contributed by atoms with Gasteiger partial charge in [-0.15, -0.1) is 0 Å². The van der Waals surface area contributed by atoms with E-state index < -0.39 is 0 Å². The van der Waals surface area contributed by atoms with Crippen LogP contribution in [0, 0.1) is 12.8 Å². The van der Waals surface area contributed by atoms with E-state index in [1.807, 2.05) is 6.92 Å². The molecule has 0 radical (unpaired) electrons. The molecule has 2 heterocycles. The molecule has 0 saturated carbocycles. The molecule has 17 heavy (non-hydrogen) atoms. The Bertz CT molecular complexity index is 350. The molecule has 0 aliphatic carbocycles. The van der Waals surface area contributed by atoms with Crippen LogP contribution in [0.3, 0.4) is 0 Å². The molecule has 0 amide bonds. The first-order valence-electron chi connectivity index (χ1n) is 6.39. The van der Waals surface area contributed by atoms with Gasteiger partial charge < -0.3 is 14.7 Å². The smallest absolute Gasteiger partial charge is 0.223 e. The van der Waals surface area contributed by atoms with Crippen molar-refractivity contribution in [3.05, 3.63) is 11.7 Å². The Balaban J connectivity index is 1.66. The second-order valence-electron chi connectivity index (χ2n) is 5.10. The van der Waals surface area contributed by atoms with Crippen LogP contribution < -0.4 is 5.32 Å². The summed E-state index contributed by atoms with van der Waals surface area (Å²) in [5, 5.41) is 7.27. The molecule has 1 aromatic heterocycles. The predicted octanol–water partition coefficient (Wildman–Crippen LogP) is 1.20. The summed E-state index contributed by atoms with van der Waals surface area (Å²) in [6.45, 7) is 10.5. The summed E-state index contributed by atoms with van der Waals surface area (Å²) in [6.07, 6.45) is 1.29. The van der Waals surface area contributed by atoms with Gasteiger partial charge in [0.15, 0.2) is 5.82 Å². The first kappa shape index (κ1) is 12.5. The van der Waals surface area contributed by atoms with Gasteiger partial charge in [-0.2, -0.15) is 4.98 Å². The molecule has 1 aromatic rings. The Morgan fingerprint density at radius 2 is 2.35 bits per heavy atom. The maximum atomic E-state index is 4.93. The molecule has 5 heteroatoms. The quantitative estimate of drug-likeness (QED) is 0.835. The minimum atomic E-state index is 0.633. The monoisotopic (exact) mass is 238 g/mol. The van der Waals surface area contributed by atoms with E-state index >= 15 is 0 Å². The maximum absolute atomic E-state index is 4.93. The SMILES string of the molecule is Cc1nc(CNCC2CCN(C(C)C)C2)no1. The summed E-state index contributed by atoms with van der Waals surface area (Å²) in [4.78, 5) is 6.70. The van der Waals surface area contributed by atoms with Gasteiger partial charge in [-0.1, -0.05) is 5.16 Å². The van der Waals surface area contributed by atoms with E-state index in [9.17, 15) is 0 Å². The molecule has 2 rings (SSSR count). The highest BCUT2D eigenvalue weighted by molar-refractivity contribution is 4.84. The molecule has 1 N–H and O–H groups in total. The number of hydrogen-bond donors (Lipinski definition) is 1. The summed E-state index contributed by atoms with van der Waals surface area (Å²) < 4.78 is 4.93. The molecular formula is C12H22N4O. The van der Waals surface area contributed by atoms with Crippen molar-refractivity contribution < 1.29 is 4.52 Å². The number of nitrogens with one attached hydrogen (secondary N) is 1. The highest BCUT2D eigenvalue weighted by Crippen LogP contribution is 2.17. The summed E-state index contributed by atoms with van der Waals surface area (Å²) in [6, 6.07) is 0.667. The lowest BCUT2D eigenvalue weighted by Crippen LogP contribution is -2.30. The van der Waals surface area contributed by atoms with Gasteiger partial charge in [-0.05, 0) is 39.3 Å².